The normalized spacial score (nSPS) is 11.6. The fraction of sp³-hybridized carbons (Fsp3) is 0.667. The molecular formula is C30H50N4O6. The summed E-state index contributed by atoms with van der Waals surface area (Å²) in [4.78, 5) is 45.8. The van der Waals surface area contributed by atoms with Gasteiger partial charge in [-0.15, -0.1) is 0 Å². The Kier molecular flexibility index (Phi) is 20.0. The number of amides is 2. The lowest BCUT2D eigenvalue weighted by Gasteiger charge is -2.11. The van der Waals surface area contributed by atoms with E-state index in [1.54, 1.807) is 12.1 Å². The largest absolute Gasteiger partial charge is 0.481 e. The SMILES string of the molecule is NN[C@@H](CCCCNC(=O)c1ccc(CNC(=O)CCCCCCCCCCCCCCC(=O)O)cc1)C(=O)O. The van der Waals surface area contributed by atoms with Gasteiger partial charge in [0.2, 0.25) is 5.91 Å². The molecule has 226 valence electrons. The van der Waals surface area contributed by atoms with Crippen LogP contribution in [0.3, 0.4) is 0 Å². The van der Waals surface area contributed by atoms with E-state index in [9.17, 15) is 19.2 Å². The first kappa shape index (κ1) is 35.0. The van der Waals surface area contributed by atoms with Gasteiger partial charge in [0.15, 0.2) is 0 Å². The third-order valence-corrected chi connectivity index (χ3v) is 6.95. The molecule has 0 heterocycles. The number of carbonyl (C=O) groups is 4. The van der Waals surface area contributed by atoms with E-state index in [0.29, 0.717) is 44.3 Å². The van der Waals surface area contributed by atoms with Crippen LogP contribution in [-0.2, 0) is 20.9 Å². The van der Waals surface area contributed by atoms with Gasteiger partial charge in [0, 0.05) is 31.5 Å². The first-order valence-corrected chi connectivity index (χ1v) is 14.9. The number of nitrogens with two attached hydrogens (primary N) is 1. The molecule has 10 nitrogen and oxygen atoms in total. The summed E-state index contributed by atoms with van der Waals surface area (Å²) < 4.78 is 0. The Balaban J connectivity index is 2.02. The molecule has 0 aliphatic rings. The summed E-state index contributed by atoms with van der Waals surface area (Å²) in [5.41, 5.74) is 3.72. The zero-order valence-electron chi connectivity index (χ0n) is 23.9. The van der Waals surface area contributed by atoms with Crippen molar-refractivity contribution < 1.29 is 29.4 Å². The molecule has 0 radical (unpaired) electrons. The maximum Gasteiger partial charge on any atom is 0.322 e. The molecule has 1 atom stereocenters. The minimum absolute atomic E-state index is 0.0418. The van der Waals surface area contributed by atoms with Crippen LogP contribution in [0.4, 0.5) is 0 Å². The standard InChI is InChI=1S/C30H50N4O6/c31-34-26(30(39)40)15-13-14-22-32-29(38)25-20-18-24(19-21-25)23-33-27(35)16-11-9-7-5-3-1-2-4-6-8-10-12-17-28(36)37/h18-21,26,34H,1-17,22-23,31H2,(H,32,38)(H,33,35)(H,36,37)(H,39,40)/t26-/m0/s1. The van der Waals surface area contributed by atoms with Gasteiger partial charge in [-0.25, -0.2) is 5.43 Å². The van der Waals surface area contributed by atoms with E-state index in [0.717, 1.165) is 44.1 Å². The molecule has 0 saturated carbocycles. The maximum absolute atomic E-state index is 12.3. The van der Waals surface area contributed by atoms with Gasteiger partial charge >= 0.3 is 11.9 Å². The highest BCUT2D eigenvalue weighted by Crippen LogP contribution is 2.13. The summed E-state index contributed by atoms with van der Waals surface area (Å²) in [5.74, 6) is 3.36. The summed E-state index contributed by atoms with van der Waals surface area (Å²) >= 11 is 0. The number of aliphatic carboxylic acids is 2. The van der Waals surface area contributed by atoms with Crippen molar-refractivity contribution in [2.75, 3.05) is 6.54 Å². The van der Waals surface area contributed by atoms with E-state index in [1.807, 2.05) is 12.1 Å². The van der Waals surface area contributed by atoms with Gasteiger partial charge in [0.05, 0.1) is 0 Å². The second kappa shape index (κ2) is 22.8. The van der Waals surface area contributed by atoms with Gasteiger partial charge in [-0.1, -0.05) is 76.3 Å². The van der Waals surface area contributed by atoms with Crippen molar-refractivity contribution >= 4 is 23.8 Å². The number of unbranched alkanes of at least 4 members (excludes halogenated alkanes) is 12. The molecule has 0 bridgehead atoms. The van der Waals surface area contributed by atoms with Gasteiger partial charge in [0.1, 0.15) is 6.04 Å². The van der Waals surface area contributed by atoms with Crippen LogP contribution in [0.1, 0.15) is 125 Å². The fourth-order valence-electron chi connectivity index (χ4n) is 4.45. The molecule has 0 unspecified atom stereocenters. The van der Waals surface area contributed by atoms with Gasteiger partial charge in [-0.3, -0.25) is 25.0 Å². The van der Waals surface area contributed by atoms with Crippen molar-refractivity contribution in [3.05, 3.63) is 35.4 Å². The molecule has 0 fully saturated rings. The second-order valence-electron chi connectivity index (χ2n) is 10.4. The van der Waals surface area contributed by atoms with Gasteiger partial charge < -0.3 is 20.8 Å². The molecule has 0 spiro atoms. The molecule has 7 N–H and O–H groups in total. The van der Waals surface area contributed by atoms with E-state index < -0.39 is 18.0 Å². The highest BCUT2D eigenvalue weighted by molar-refractivity contribution is 5.94. The third kappa shape index (κ3) is 18.3. The third-order valence-electron chi connectivity index (χ3n) is 6.95. The van der Waals surface area contributed by atoms with Crippen molar-refractivity contribution in [2.24, 2.45) is 5.84 Å². The number of benzene rings is 1. The molecule has 10 heteroatoms. The Hall–Kier alpha value is -2.98. The Bertz CT molecular complexity index is 862. The highest BCUT2D eigenvalue weighted by atomic mass is 16.4. The first-order chi connectivity index (χ1) is 19.3. The van der Waals surface area contributed by atoms with Gasteiger partial charge in [0.25, 0.3) is 5.91 Å². The van der Waals surface area contributed by atoms with Crippen LogP contribution < -0.4 is 21.9 Å². The van der Waals surface area contributed by atoms with Crippen LogP contribution >= 0.6 is 0 Å². The number of hydrogen-bond acceptors (Lipinski definition) is 6. The molecule has 0 aromatic heterocycles. The number of nitrogens with one attached hydrogen (secondary N) is 3. The van der Waals surface area contributed by atoms with Crippen LogP contribution in [0.25, 0.3) is 0 Å². The smallest absolute Gasteiger partial charge is 0.322 e. The van der Waals surface area contributed by atoms with Crippen molar-refractivity contribution in [3.8, 4) is 0 Å². The van der Waals surface area contributed by atoms with Crippen molar-refractivity contribution in [1.29, 1.82) is 0 Å². The molecule has 0 saturated heterocycles. The van der Waals surface area contributed by atoms with Crippen molar-refractivity contribution in [3.63, 3.8) is 0 Å². The summed E-state index contributed by atoms with van der Waals surface area (Å²) in [6.07, 6.45) is 15.9. The van der Waals surface area contributed by atoms with Crippen LogP contribution in [-0.4, -0.2) is 46.6 Å². The lowest BCUT2D eigenvalue weighted by atomic mass is 10.0. The first-order valence-electron chi connectivity index (χ1n) is 14.9. The van der Waals surface area contributed by atoms with Crippen molar-refractivity contribution in [2.45, 2.75) is 122 Å². The Morgan fingerprint density at radius 2 is 1.20 bits per heavy atom. The van der Waals surface area contributed by atoms with Crippen LogP contribution in [0.2, 0.25) is 0 Å². The fourth-order valence-corrected chi connectivity index (χ4v) is 4.45. The lowest BCUT2D eigenvalue weighted by molar-refractivity contribution is -0.140. The van der Waals surface area contributed by atoms with Crippen LogP contribution in [0.15, 0.2) is 24.3 Å². The zero-order chi connectivity index (χ0) is 29.4. The predicted octanol–water partition coefficient (Wildman–Crippen LogP) is 4.67. The quantitative estimate of drug-likeness (QED) is 0.0567. The van der Waals surface area contributed by atoms with Gasteiger partial charge in [-0.2, -0.15) is 0 Å². The number of carboxylic acid groups (broad SMARTS) is 2. The minimum Gasteiger partial charge on any atom is -0.481 e. The summed E-state index contributed by atoms with van der Waals surface area (Å²) in [6, 6.07) is 6.35. The summed E-state index contributed by atoms with van der Waals surface area (Å²) in [7, 11) is 0. The molecular weight excluding hydrogens is 512 g/mol. The molecule has 1 aromatic rings. The molecule has 1 aromatic carbocycles. The number of hydrogen-bond donors (Lipinski definition) is 6. The number of carbonyl (C=O) groups excluding carboxylic acids is 2. The number of rotatable bonds is 25. The maximum atomic E-state index is 12.3. The van der Waals surface area contributed by atoms with E-state index in [4.69, 9.17) is 16.1 Å². The van der Waals surface area contributed by atoms with E-state index >= 15 is 0 Å². The second-order valence-corrected chi connectivity index (χ2v) is 10.4. The Morgan fingerprint density at radius 3 is 1.70 bits per heavy atom. The van der Waals surface area contributed by atoms with E-state index in [1.165, 1.54) is 38.5 Å². The molecule has 0 aliphatic heterocycles. The Labute approximate surface area is 238 Å². The lowest BCUT2D eigenvalue weighted by Crippen LogP contribution is -2.41. The van der Waals surface area contributed by atoms with Gasteiger partial charge in [-0.05, 0) is 49.8 Å². The molecule has 0 aliphatic carbocycles. The van der Waals surface area contributed by atoms with Crippen molar-refractivity contribution in [1.82, 2.24) is 16.1 Å². The van der Waals surface area contributed by atoms with Crippen LogP contribution in [0, 0.1) is 0 Å². The zero-order valence-corrected chi connectivity index (χ0v) is 23.9. The summed E-state index contributed by atoms with van der Waals surface area (Å²) in [5, 5.41) is 23.3. The average molecular weight is 563 g/mol. The predicted molar refractivity (Wildman–Crippen MR) is 155 cm³/mol. The number of hydrazine groups is 1. The Morgan fingerprint density at radius 1 is 0.675 bits per heavy atom. The molecule has 40 heavy (non-hydrogen) atoms. The topological polar surface area (TPSA) is 171 Å². The highest BCUT2D eigenvalue weighted by Gasteiger charge is 2.14. The minimum atomic E-state index is -0.989. The van der Waals surface area contributed by atoms with Crippen LogP contribution in [0.5, 0.6) is 0 Å². The summed E-state index contributed by atoms with van der Waals surface area (Å²) in [6.45, 7) is 0.882. The molecule has 1 rings (SSSR count). The molecule has 2 amide bonds. The number of carboxylic acids is 2. The van der Waals surface area contributed by atoms with E-state index in [2.05, 4.69) is 16.1 Å². The van der Waals surface area contributed by atoms with E-state index in [-0.39, 0.29) is 18.2 Å². The monoisotopic (exact) mass is 562 g/mol. The average Bonchev–Trinajstić information content (AvgIpc) is 2.93.